The predicted octanol–water partition coefficient (Wildman–Crippen LogP) is 2.20. The zero-order chi connectivity index (χ0) is 25.1. The molecule has 1 aromatic heterocycles. The van der Waals surface area contributed by atoms with Crippen molar-refractivity contribution in [2.75, 3.05) is 7.11 Å². The molecule has 1 heterocycles. The van der Waals surface area contributed by atoms with Crippen LogP contribution in [-0.2, 0) is 13.0 Å². The Labute approximate surface area is 198 Å². The van der Waals surface area contributed by atoms with Crippen molar-refractivity contribution in [1.82, 2.24) is 13.7 Å². The Hall–Kier alpha value is -4.31. The van der Waals surface area contributed by atoms with E-state index in [0.29, 0.717) is 14.9 Å². The van der Waals surface area contributed by atoms with Crippen molar-refractivity contribution in [1.29, 1.82) is 0 Å². The second kappa shape index (κ2) is 9.90. The molecule has 0 unspecified atom stereocenters. The number of aromatic nitrogens is 3. The minimum absolute atomic E-state index is 0.0976. The molecule has 0 aliphatic heterocycles. The molecule has 0 fully saturated rings. The summed E-state index contributed by atoms with van der Waals surface area (Å²) in [6.45, 7) is -0.738. The number of nitrogens with two attached hydrogens (primary N) is 1. The summed E-state index contributed by atoms with van der Waals surface area (Å²) < 4.78 is 36.0. The van der Waals surface area contributed by atoms with Gasteiger partial charge in [0.15, 0.2) is 0 Å². The van der Waals surface area contributed by atoms with Crippen LogP contribution in [0.5, 0.6) is 5.75 Å². The maximum Gasteiger partial charge on any atom is 0.342 e. The smallest absolute Gasteiger partial charge is 0.342 e. The molecule has 1 atom stereocenters. The molecule has 0 saturated carbocycles. The van der Waals surface area contributed by atoms with Gasteiger partial charge in [-0.15, -0.1) is 0 Å². The lowest BCUT2D eigenvalue weighted by Crippen LogP contribution is -2.56. The second-order valence-corrected chi connectivity index (χ2v) is 7.80. The minimum Gasteiger partial charge on any atom is -0.497 e. The number of methoxy groups -OCH3 is 1. The van der Waals surface area contributed by atoms with E-state index in [1.54, 1.807) is 42.5 Å². The molecule has 0 radical (unpaired) electrons. The van der Waals surface area contributed by atoms with E-state index < -0.39 is 47.0 Å². The zero-order valence-electron chi connectivity index (χ0n) is 18.7. The van der Waals surface area contributed by atoms with Crippen LogP contribution in [0.25, 0.3) is 5.69 Å². The number of hydrogen-bond acceptors (Lipinski definition) is 5. The van der Waals surface area contributed by atoms with Crippen molar-refractivity contribution in [3.8, 4) is 11.4 Å². The Kier molecular flexibility index (Phi) is 6.74. The first kappa shape index (κ1) is 23.8. The molecule has 35 heavy (non-hydrogen) atoms. The van der Waals surface area contributed by atoms with Crippen LogP contribution < -0.4 is 27.5 Å². The third kappa shape index (κ3) is 4.69. The molecule has 4 rings (SSSR count). The van der Waals surface area contributed by atoms with E-state index in [2.05, 4.69) is 0 Å². The van der Waals surface area contributed by atoms with Gasteiger partial charge in [-0.2, -0.15) is 0 Å². The molecule has 180 valence electrons. The Balaban J connectivity index is 1.96. The summed E-state index contributed by atoms with van der Waals surface area (Å²) in [4.78, 5) is 40.1. The van der Waals surface area contributed by atoms with E-state index in [9.17, 15) is 23.2 Å². The molecule has 0 aliphatic rings. The van der Waals surface area contributed by atoms with Gasteiger partial charge >= 0.3 is 17.1 Å². The van der Waals surface area contributed by atoms with Crippen molar-refractivity contribution in [2.24, 2.45) is 5.73 Å². The number of hydrogen-bond donors (Lipinski definition) is 1. The highest BCUT2D eigenvalue weighted by atomic mass is 19.1. The van der Waals surface area contributed by atoms with Crippen LogP contribution in [0.4, 0.5) is 8.78 Å². The monoisotopic (exact) mass is 480 g/mol. The number of ether oxygens (including phenoxy) is 1. The maximum atomic E-state index is 14.4. The van der Waals surface area contributed by atoms with E-state index in [0.717, 1.165) is 22.3 Å². The Morgan fingerprint density at radius 2 is 1.51 bits per heavy atom. The fourth-order valence-electron chi connectivity index (χ4n) is 3.78. The van der Waals surface area contributed by atoms with E-state index in [-0.39, 0.29) is 12.1 Å². The highest BCUT2D eigenvalue weighted by molar-refractivity contribution is 5.39. The largest absolute Gasteiger partial charge is 0.497 e. The summed E-state index contributed by atoms with van der Waals surface area (Å²) in [6.07, 6.45) is -1.06. The first-order chi connectivity index (χ1) is 16.8. The molecule has 0 aliphatic carbocycles. The van der Waals surface area contributed by atoms with E-state index in [1.807, 2.05) is 0 Å². The Bertz CT molecular complexity index is 1520. The molecular weight excluding hydrogens is 458 g/mol. The summed E-state index contributed by atoms with van der Waals surface area (Å²) in [7, 11) is 1.41. The molecule has 3 aromatic carbocycles. The Morgan fingerprint density at radius 1 is 0.857 bits per heavy atom. The molecule has 0 amide bonds. The number of halogens is 2. The number of benzene rings is 3. The molecule has 10 heteroatoms. The van der Waals surface area contributed by atoms with Gasteiger partial charge in [0, 0.05) is 18.1 Å². The fraction of sp³-hybridized carbons (Fsp3) is 0.160. The fourth-order valence-corrected chi connectivity index (χ4v) is 3.78. The van der Waals surface area contributed by atoms with Crippen LogP contribution >= 0.6 is 0 Å². The van der Waals surface area contributed by atoms with Gasteiger partial charge in [0.2, 0.25) is 0 Å². The van der Waals surface area contributed by atoms with E-state index in [1.165, 1.54) is 25.3 Å². The lowest BCUT2D eigenvalue weighted by atomic mass is 10.1. The summed E-state index contributed by atoms with van der Waals surface area (Å²) in [6, 6.07) is 18.2. The molecule has 8 nitrogen and oxygen atoms in total. The average Bonchev–Trinajstić information content (AvgIpc) is 2.84. The Morgan fingerprint density at radius 3 is 2.17 bits per heavy atom. The molecular formula is C25H22F2N4O4. The zero-order valence-corrected chi connectivity index (χ0v) is 18.7. The van der Waals surface area contributed by atoms with Crippen LogP contribution in [0.2, 0.25) is 0 Å². The first-order valence-corrected chi connectivity index (χ1v) is 10.7. The minimum atomic E-state index is -1.16. The lowest BCUT2D eigenvalue weighted by Gasteiger charge is -2.19. The van der Waals surface area contributed by atoms with Crippen LogP contribution in [-0.4, -0.2) is 20.8 Å². The van der Waals surface area contributed by atoms with Gasteiger partial charge in [-0.05, 0) is 29.8 Å². The van der Waals surface area contributed by atoms with E-state index in [4.69, 9.17) is 10.5 Å². The summed E-state index contributed by atoms with van der Waals surface area (Å²) in [5.74, 6) is -1.52. The lowest BCUT2D eigenvalue weighted by molar-refractivity contribution is 0.411. The second-order valence-electron chi connectivity index (χ2n) is 7.80. The van der Waals surface area contributed by atoms with Gasteiger partial charge in [0.25, 0.3) is 0 Å². The highest BCUT2D eigenvalue weighted by Gasteiger charge is 2.23. The summed E-state index contributed by atoms with van der Waals surface area (Å²) in [5.41, 5.74) is 3.48. The average molecular weight is 480 g/mol. The highest BCUT2D eigenvalue weighted by Crippen LogP contribution is 2.15. The molecule has 2 N–H and O–H groups in total. The van der Waals surface area contributed by atoms with Crippen LogP contribution in [0, 0.1) is 11.6 Å². The third-order valence-corrected chi connectivity index (χ3v) is 5.57. The summed E-state index contributed by atoms with van der Waals surface area (Å²) in [5, 5.41) is 0. The van der Waals surface area contributed by atoms with Gasteiger partial charge in [0.1, 0.15) is 17.4 Å². The molecule has 0 bridgehead atoms. The van der Waals surface area contributed by atoms with Crippen molar-refractivity contribution >= 4 is 0 Å². The van der Waals surface area contributed by atoms with Gasteiger partial charge < -0.3 is 10.5 Å². The van der Waals surface area contributed by atoms with Crippen molar-refractivity contribution in [3.05, 3.63) is 127 Å². The van der Waals surface area contributed by atoms with Gasteiger partial charge in [0.05, 0.1) is 25.5 Å². The predicted molar refractivity (Wildman–Crippen MR) is 126 cm³/mol. The van der Waals surface area contributed by atoms with Crippen LogP contribution in [0.15, 0.2) is 87.2 Å². The van der Waals surface area contributed by atoms with Gasteiger partial charge in [-0.25, -0.2) is 36.9 Å². The van der Waals surface area contributed by atoms with Gasteiger partial charge in [-0.1, -0.05) is 42.5 Å². The molecule has 4 aromatic rings. The SMILES string of the molecule is COc1cccc(-n2c(=O)n(Cc3c(F)cccc3F)c(=O)n([C@@H](N)Cc3ccccc3)c2=O)c1. The van der Waals surface area contributed by atoms with Crippen molar-refractivity contribution < 1.29 is 13.5 Å². The standard InChI is InChI=1S/C25H22F2N4O4/c1-35-18-10-5-9-17(14-18)30-23(32)29(15-19-20(26)11-6-12-21(19)27)24(33)31(25(30)34)22(28)13-16-7-3-2-4-8-16/h2-12,14,22H,13,15,28H2,1H3/t22-/m1/s1. The third-order valence-electron chi connectivity index (χ3n) is 5.57. The van der Waals surface area contributed by atoms with Crippen LogP contribution in [0.1, 0.15) is 17.3 Å². The maximum absolute atomic E-state index is 14.4. The van der Waals surface area contributed by atoms with Crippen LogP contribution in [0.3, 0.4) is 0 Å². The van der Waals surface area contributed by atoms with Crippen molar-refractivity contribution in [3.63, 3.8) is 0 Å². The van der Waals surface area contributed by atoms with Crippen molar-refractivity contribution in [2.45, 2.75) is 19.1 Å². The quantitative estimate of drug-likeness (QED) is 0.437. The summed E-state index contributed by atoms with van der Waals surface area (Å²) >= 11 is 0. The molecule has 0 saturated heterocycles. The van der Waals surface area contributed by atoms with E-state index >= 15 is 0 Å². The number of nitrogens with zero attached hydrogens (tertiary/aromatic N) is 3. The molecule has 0 spiro atoms. The number of rotatable bonds is 7. The topological polar surface area (TPSA) is 101 Å². The first-order valence-electron chi connectivity index (χ1n) is 10.7. The normalized spacial score (nSPS) is 11.9. The van der Waals surface area contributed by atoms with Gasteiger partial charge in [-0.3, -0.25) is 0 Å².